The van der Waals surface area contributed by atoms with Crippen LogP contribution in [0.4, 0.5) is 8.78 Å². The van der Waals surface area contributed by atoms with Gasteiger partial charge in [-0.3, -0.25) is 0 Å². The summed E-state index contributed by atoms with van der Waals surface area (Å²) in [4.78, 5) is 0. The maximum atomic E-state index is 12.7. The lowest BCUT2D eigenvalue weighted by Gasteiger charge is -2.28. The van der Waals surface area contributed by atoms with Gasteiger partial charge in [0.15, 0.2) is 0 Å². The molecule has 0 aromatic heterocycles. The molecular formula is C11H21F2N. The lowest BCUT2D eigenvalue weighted by Crippen LogP contribution is -2.27. The van der Waals surface area contributed by atoms with Gasteiger partial charge in [0.2, 0.25) is 5.92 Å². The minimum atomic E-state index is -2.44. The zero-order chi connectivity index (χ0) is 11.2. The summed E-state index contributed by atoms with van der Waals surface area (Å²) in [6.07, 6.45) is 2.86. The zero-order valence-electron chi connectivity index (χ0n) is 9.32. The largest absolute Gasteiger partial charge is 0.402 e. The van der Waals surface area contributed by atoms with E-state index in [1.165, 1.54) is 0 Å². The summed E-state index contributed by atoms with van der Waals surface area (Å²) in [5, 5.41) is 0. The Morgan fingerprint density at radius 1 is 1.29 bits per heavy atom. The molecule has 3 heteroatoms. The first kappa shape index (κ1) is 13.4. The van der Waals surface area contributed by atoms with E-state index in [1.54, 1.807) is 0 Å². The van der Waals surface area contributed by atoms with Crippen LogP contribution in [0.25, 0.3) is 0 Å². The molecule has 1 nitrogen and oxygen atoms in total. The highest BCUT2D eigenvalue weighted by Gasteiger charge is 2.35. The van der Waals surface area contributed by atoms with Crippen molar-refractivity contribution in [2.75, 3.05) is 0 Å². The van der Waals surface area contributed by atoms with Gasteiger partial charge >= 0.3 is 0 Å². The third-order valence-corrected chi connectivity index (χ3v) is 2.52. The Bertz CT molecular complexity index is 178. The summed E-state index contributed by atoms with van der Waals surface area (Å²) >= 11 is 0. The van der Waals surface area contributed by atoms with Crippen LogP contribution in [0.5, 0.6) is 0 Å². The van der Waals surface area contributed by atoms with Gasteiger partial charge < -0.3 is 5.73 Å². The summed E-state index contributed by atoms with van der Waals surface area (Å²) in [5.74, 6) is -2.25. The molecule has 1 fully saturated rings. The van der Waals surface area contributed by atoms with E-state index in [9.17, 15) is 8.78 Å². The number of nitrogens with two attached hydrogens (primary N) is 1. The highest BCUT2D eigenvalue weighted by atomic mass is 19.3. The Morgan fingerprint density at radius 2 is 1.71 bits per heavy atom. The predicted molar refractivity (Wildman–Crippen MR) is 56.2 cm³/mol. The second-order valence-corrected chi connectivity index (χ2v) is 3.42. The molecule has 1 rings (SSSR count). The van der Waals surface area contributed by atoms with Crippen molar-refractivity contribution < 1.29 is 8.78 Å². The highest BCUT2D eigenvalue weighted by Crippen LogP contribution is 2.37. The molecule has 0 bridgehead atoms. The first-order valence-electron chi connectivity index (χ1n) is 5.34. The number of allylic oxidation sites excluding steroid dienone is 2. The minimum absolute atomic E-state index is 0.00773. The van der Waals surface area contributed by atoms with Crippen molar-refractivity contribution in [2.24, 2.45) is 11.7 Å². The molecule has 0 aliphatic heterocycles. The fourth-order valence-electron chi connectivity index (χ4n) is 1.61. The van der Waals surface area contributed by atoms with E-state index in [2.05, 4.69) is 0 Å². The van der Waals surface area contributed by atoms with Gasteiger partial charge in [0.25, 0.3) is 0 Å². The van der Waals surface area contributed by atoms with E-state index in [4.69, 9.17) is 5.73 Å². The second kappa shape index (κ2) is 5.99. The van der Waals surface area contributed by atoms with E-state index in [-0.39, 0.29) is 18.8 Å². The molecule has 0 saturated heterocycles. The van der Waals surface area contributed by atoms with Crippen LogP contribution >= 0.6 is 0 Å². The topological polar surface area (TPSA) is 26.0 Å². The van der Waals surface area contributed by atoms with E-state index < -0.39 is 5.92 Å². The van der Waals surface area contributed by atoms with Crippen LogP contribution in [-0.4, -0.2) is 5.92 Å². The molecule has 84 valence electrons. The van der Waals surface area contributed by atoms with Crippen molar-refractivity contribution in [3.63, 3.8) is 0 Å². The van der Waals surface area contributed by atoms with Crippen molar-refractivity contribution in [3.05, 3.63) is 11.8 Å². The Hall–Kier alpha value is -0.600. The SMILES string of the molecule is CC.CC=C(N)C1CCC(F)(F)CC1. The summed E-state index contributed by atoms with van der Waals surface area (Å²) in [5.41, 5.74) is 6.42. The van der Waals surface area contributed by atoms with Crippen LogP contribution in [0.15, 0.2) is 11.8 Å². The average Bonchev–Trinajstić information content (AvgIpc) is 2.20. The van der Waals surface area contributed by atoms with Gasteiger partial charge in [-0.1, -0.05) is 19.9 Å². The van der Waals surface area contributed by atoms with Gasteiger partial charge in [0, 0.05) is 18.5 Å². The number of rotatable bonds is 1. The van der Waals surface area contributed by atoms with E-state index in [1.807, 2.05) is 26.8 Å². The maximum Gasteiger partial charge on any atom is 0.248 e. The van der Waals surface area contributed by atoms with Crippen LogP contribution < -0.4 is 5.73 Å². The number of hydrogen-bond acceptors (Lipinski definition) is 1. The summed E-state index contributed by atoms with van der Waals surface area (Å²) in [6, 6.07) is 0. The Labute approximate surface area is 85.4 Å². The van der Waals surface area contributed by atoms with E-state index in [0.29, 0.717) is 12.8 Å². The Morgan fingerprint density at radius 3 is 2.07 bits per heavy atom. The first-order valence-corrected chi connectivity index (χ1v) is 5.34. The molecule has 0 radical (unpaired) electrons. The smallest absolute Gasteiger partial charge is 0.248 e. The molecule has 0 heterocycles. The normalized spacial score (nSPS) is 22.5. The van der Waals surface area contributed by atoms with Gasteiger partial charge in [0.1, 0.15) is 0 Å². The molecule has 0 spiro atoms. The van der Waals surface area contributed by atoms with Crippen LogP contribution in [0.2, 0.25) is 0 Å². The molecule has 0 aromatic carbocycles. The van der Waals surface area contributed by atoms with Crippen LogP contribution in [0, 0.1) is 5.92 Å². The lowest BCUT2D eigenvalue weighted by molar-refractivity contribution is -0.0422. The van der Waals surface area contributed by atoms with Crippen molar-refractivity contribution in [1.29, 1.82) is 0 Å². The third kappa shape index (κ3) is 4.07. The fourth-order valence-corrected chi connectivity index (χ4v) is 1.61. The first-order chi connectivity index (χ1) is 6.55. The molecule has 14 heavy (non-hydrogen) atoms. The standard InChI is InChI=1S/C9H15F2N.C2H6/c1-2-8(12)7-3-5-9(10,11)6-4-7;1-2/h2,7H,3-6,12H2,1H3;1-2H3. The number of alkyl halides is 2. The summed E-state index contributed by atoms with van der Waals surface area (Å²) in [6.45, 7) is 5.85. The molecule has 1 aliphatic carbocycles. The van der Waals surface area contributed by atoms with Gasteiger partial charge in [-0.05, 0) is 25.7 Å². The van der Waals surface area contributed by atoms with Gasteiger partial charge in [-0.25, -0.2) is 8.78 Å². The van der Waals surface area contributed by atoms with Crippen molar-refractivity contribution in [1.82, 2.24) is 0 Å². The summed E-state index contributed by atoms with van der Waals surface area (Å²) < 4.78 is 25.4. The van der Waals surface area contributed by atoms with Crippen LogP contribution in [-0.2, 0) is 0 Å². The fraction of sp³-hybridized carbons (Fsp3) is 0.818. The van der Waals surface area contributed by atoms with Crippen molar-refractivity contribution in [3.8, 4) is 0 Å². The van der Waals surface area contributed by atoms with Crippen LogP contribution in [0.1, 0.15) is 46.5 Å². The lowest BCUT2D eigenvalue weighted by atomic mass is 9.85. The highest BCUT2D eigenvalue weighted by molar-refractivity contribution is 5.02. The van der Waals surface area contributed by atoms with Gasteiger partial charge in [0.05, 0.1) is 0 Å². The molecule has 0 amide bonds. The van der Waals surface area contributed by atoms with Gasteiger partial charge in [-0.15, -0.1) is 0 Å². The third-order valence-electron chi connectivity index (χ3n) is 2.52. The monoisotopic (exact) mass is 205 g/mol. The molecule has 2 N–H and O–H groups in total. The van der Waals surface area contributed by atoms with E-state index in [0.717, 1.165) is 5.70 Å². The van der Waals surface area contributed by atoms with Crippen molar-refractivity contribution in [2.45, 2.75) is 52.4 Å². The average molecular weight is 205 g/mol. The maximum absolute atomic E-state index is 12.7. The summed E-state index contributed by atoms with van der Waals surface area (Å²) in [7, 11) is 0. The van der Waals surface area contributed by atoms with Crippen molar-refractivity contribution >= 4 is 0 Å². The Kier molecular flexibility index (Phi) is 5.73. The molecular weight excluding hydrogens is 184 g/mol. The molecule has 0 aromatic rings. The second-order valence-electron chi connectivity index (χ2n) is 3.42. The van der Waals surface area contributed by atoms with Crippen LogP contribution in [0.3, 0.4) is 0 Å². The zero-order valence-corrected chi connectivity index (χ0v) is 9.32. The predicted octanol–water partition coefficient (Wildman–Crippen LogP) is 3.70. The quantitative estimate of drug-likeness (QED) is 0.694. The molecule has 1 aliphatic rings. The Balaban J connectivity index is 0.000000791. The molecule has 0 unspecified atom stereocenters. The van der Waals surface area contributed by atoms with Gasteiger partial charge in [-0.2, -0.15) is 0 Å². The number of halogens is 2. The molecule has 1 saturated carbocycles. The molecule has 0 atom stereocenters. The number of hydrogen-bond donors (Lipinski definition) is 1. The van der Waals surface area contributed by atoms with E-state index >= 15 is 0 Å². The minimum Gasteiger partial charge on any atom is -0.402 e.